The van der Waals surface area contributed by atoms with Crippen molar-refractivity contribution >= 4 is 0 Å². The van der Waals surface area contributed by atoms with Gasteiger partial charge < -0.3 is 15.3 Å². The summed E-state index contributed by atoms with van der Waals surface area (Å²) in [5.74, 6) is 0. The topological polar surface area (TPSA) is 63.9 Å². The standard InChI is InChI=1S/C11H25NO3/c1-2-3-4-5-11(10-15)12(6-8-13)7-9-14/h11,13-15H,2-10H2,1H3. The fourth-order valence-electron chi connectivity index (χ4n) is 1.75. The zero-order chi connectivity index (χ0) is 11.5. The van der Waals surface area contributed by atoms with Gasteiger partial charge in [-0.1, -0.05) is 26.2 Å². The van der Waals surface area contributed by atoms with Crippen molar-refractivity contribution in [2.75, 3.05) is 32.9 Å². The number of nitrogens with zero attached hydrogens (tertiary/aromatic N) is 1. The molecule has 3 N–H and O–H groups in total. The molecular weight excluding hydrogens is 194 g/mol. The predicted octanol–water partition coefficient (Wildman–Crippen LogP) is 0.214. The van der Waals surface area contributed by atoms with Crippen LogP contribution in [0.4, 0.5) is 0 Å². The van der Waals surface area contributed by atoms with Crippen molar-refractivity contribution < 1.29 is 15.3 Å². The first kappa shape index (κ1) is 14.8. The molecule has 0 bridgehead atoms. The Balaban J connectivity index is 3.93. The van der Waals surface area contributed by atoms with Crippen LogP contribution in [0.15, 0.2) is 0 Å². The molecule has 4 heteroatoms. The summed E-state index contributed by atoms with van der Waals surface area (Å²) in [4.78, 5) is 1.95. The van der Waals surface area contributed by atoms with Gasteiger partial charge in [0.2, 0.25) is 0 Å². The minimum Gasteiger partial charge on any atom is -0.395 e. The third-order valence-corrected chi connectivity index (χ3v) is 2.64. The van der Waals surface area contributed by atoms with Crippen molar-refractivity contribution in [3.05, 3.63) is 0 Å². The van der Waals surface area contributed by atoms with Crippen LogP contribution in [-0.2, 0) is 0 Å². The highest BCUT2D eigenvalue weighted by atomic mass is 16.3. The fourth-order valence-corrected chi connectivity index (χ4v) is 1.75. The molecule has 0 heterocycles. The van der Waals surface area contributed by atoms with Crippen LogP contribution >= 0.6 is 0 Å². The van der Waals surface area contributed by atoms with Gasteiger partial charge in [0.1, 0.15) is 0 Å². The van der Waals surface area contributed by atoms with Gasteiger partial charge in [0.25, 0.3) is 0 Å². The van der Waals surface area contributed by atoms with Gasteiger partial charge in [0.05, 0.1) is 19.8 Å². The lowest BCUT2D eigenvalue weighted by atomic mass is 10.1. The van der Waals surface area contributed by atoms with Crippen LogP contribution in [0, 0.1) is 0 Å². The van der Waals surface area contributed by atoms with Crippen LogP contribution in [0.25, 0.3) is 0 Å². The van der Waals surface area contributed by atoms with Gasteiger partial charge in [-0.2, -0.15) is 0 Å². The molecule has 1 atom stereocenters. The molecule has 15 heavy (non-hydrogen) atoms. The van der Waals surface area contributed by atoms with Gasteiger partial charge in [-0.15, -0.1) is 0 Å². The highest BCUT2D eigenvalue weighted by Gasteiger charge is 2.15. The van der Waals surface area contributed by atoms with E-state index in [4.69, 9.17) is 10.2 Å². The fraction of sp³-hybridized carbons (Fsp3) is 1.00. The van der Waals surface area contributed by atoms with E-state index in [9.17, 15) is 5.11 Å². The zero-order valence-electron chi connectivity index (χ0n) is 9.73. The van der Waals surface area contributed by atoms with E-state index in [0.29, 0.717) is 13.1 Å². The molecular formula is C11H25NO3. The summed E-state index contributed by atoms with van der Waals surface area (Å²) in [6.45, 7) is 3.45. The SMILES string of the molecule is CCCCCC(CO)N(CCO)CCO. The van der Waals surface area contributed by atoms with Crippen molar-refractivity contribution in [3.8, 4) is 0 Å². The Labute approximate surface area is 92.5 Å². The summed E-state index contributed by atoms with van der Waals surface area (Å²) >= 11 is 0. The highest BCUT2D eigenvalue weighted by Crippen LogP contribution is 2.09. The molecule has 0 aromatic heterocycles. The molecule has 0 saturated heterocycles. The molecule has 92 valence electrons. The molecule has 0 aliphatic heterocycles. The number of rotatable bonds is 10. The third kappa shape index (κ3) is 6.84. The molecule has 0 aliphatic rings. The van der Waals surface area contributed by atoms with E-state index in [1.54, 1.807) is 0 Å². The third-order valence-electron chi connectivity index (χ3n) is 2.64. The van der Waals surface area contributed by atoms with Crippen LogP contribution in [0.5, 0.6) is 0 Å². The second-order valence-electron chi connectivity index (χ2n) is 3.82. The Morgan fingerprint density at radius 3 is 2.00 bits per heavy atom. The van der Waals surface area contributed by atoms with E-state index in [0.717, 1.165) is 19.3 Å². The molecule has 0 aliphatic carbocycles. The van der Waals surface area contributed by atoms with E-state index < -0.39 is 0 Å². The Morgan fingerprint density at radius 1 is 1.00 bits per heavy atom. The first-order valence-electron chi connectivity index (χ1n) is 5.86. The van der Waals surface area contributed by atoms with Crippen LogP contribution in [0.2, 0.25) is 0 Å². The molecule has 4 nitrogen and oxygen atoms in total. The van der Waals surface area contributed by atoms with Gasteiger partial charge in [-0.3, -0.25) is 4.90 Å². The van der Waals surface area contributed by atoms with E-state index >= 15 is 0 Å². The van der Waals surface area contributed by atoms with Gasteiger partial charge in [0, 0.05) is 19.1 Å². The Morgan fingerprint density at radius 2 is 1.60 bits per heavy atom. The molecule has 0 fully saturated rings. The molecule has 0 saturated carbocycles. The van der Waals surface area contributed by atoms with Gasteiger partial charge in [0.15, 0.2) is 0 Å². The summed E-state index contributed by atoms with van der Waals surface area (Å²) in [5, 5.41) is 27.0. The number of aliphatic hydroxyl groups excluding tert-OH is 3. The summed E-state index contributed by atoms with van der Waals surface area (Å²) in [5.41, 5.74) is 0. The Kier molecular flexibility index (Phi) is 10.3. The maximum atomic E-state index is 9.24. The highest BCUT2D eigenvalue weighted by molar-refractivity contribution is 4.70. The maximum absolute atomic E-state index is 9.24. The lowest BCUT2D eigenvalue weighted by molar-refractivity contribution is 0.0782. The van der Waals surface area contributed by atoms with E-state index in [-0.39, 0.29) is 25.9 Å². The van der Waals surface area contributed by atoms with E-state index in [1.807, 2.05) is 4.90 Å². The first-order valence-corrected chi connectivity index (χ1v) is 5.86. The molecule has 0 radical (unpaired) electrons. The normalized spacial score (nSPS) is 13.4. The summed E-state index contributed by atoms with van der Waals surface area (Å²) < 4.78 is 0. The maximum Gasteiger partial charge on any atom is 0.0586 e. The molecule has 0 aromatic rings. The molecule has 0 aromatic carbocycles. The van der Waals surface area contributed by atoms with Gasteiger partial charge in [-0.25, -0.2) is 0 Å². The number of hydrogen-bond donors (Lipinski definition) is 3. The van der Waals surface area contributed by atoms with E-state index in [2.05, 4.69) is 6.92 Å². The van der Waals surface area contributed by atoms with Crippen molar-refractivity contribution in [2.24, 2.45) is 0 Å². The Hall–Kier alpha value is -0.160. The zero-order valence-corrected chi connectivity index (χ0v) is 9.73. The van der Waals surface area contributed by atoms with Gasteiger partial charge >= 0.3 is 0 Å². The first-order chi connectivity index (χ1) is 7.29. The van der Waals surface area contributed by atoms with Crippen LogP contribution in [0.1, 0.15) is 32.6 Å². The average Bonchev–Trinajstić information content (AvgIpc) is 2.24. The monoisotopic (exact) mass is 219 g/mol. The lowest BCUT2D eigenvalue weighted by Gasteiger charge is -2.29. The quantitative estimate of drug-likeness (QED) is 0.460. The van der Waals surface area contributed by atoms with E-state index in [1.165, 1.54) is 6.42 Å². The lowest BCUT2D eigenvalue weighted by Crippen LogP contribution is -2.41. The Bertz CT molecular complexity index is 127. The molecule has 0 rings (SSSR count). The van der Waals surface area contributed by atoms with Gasteiger partial charge in [-0.05, 0) is 6.42 Å². The van der Waals surface area contributed by atoms with Crippen molar-refractivity contribution in [3.63, 3.8) is 0 Å². The smallest absolute Gasteiger partial charge is 0.0586 e. The molecule has 1 unspecified atom stereocenters. The molecule has 0 spiro atoms. The molecule has 0 amide bonds. The number of aliphatic hydroxyl groups is 3. The minimum atomic E-state index is 0.0737. The van der Waals surface area contributed by atoms with Crippen LogP contribution in [0.3, 0.4) is 0 Å². The van der Waals surface area contributed by atoms with Crippen molar-refractivity contribution in [2.45, 2.75) is 38.6 Å². The largest absolute Gasteiger partial charge is 0.395 e. The minimum absolute atomic E-state index is 0.0737. The number of unbranched alkanes of at least 4 members (excludes halogenated alkanes) is 2. The van der Waals surface area contributed by atoms with Crippen molar-refractivity contribution in [1.29, 1.82) is 0 Å². The number of hydrogen-bond acceptors (Lipinski definition) is 4. The predicted molar refractivity (Wildman–Crippen MR) is 60.8 cm³/mol. The van der Waals surface area contributed by atoms with Crippen LogP contribution in [-0.4, -0.2) is 59.2 Å². The summed E-state index contributed by atoms with van der Waals surface area (Å²) in [6.07, 6.45) is 4.36. The second kappa shape index (κ2) is 10.4. The average molecular weight is 219 g/mol. The second-order valence-corrected chi connectivity index (χ2v) is 3.82. The summed E-state index contributed by atoms with van der Waals surface area (Å²) in [6, 6.07) is 0.0795. The van der Waals surface area contributed by atoms with Crippen LogP contribution < -0.4 is 0 Å². The summed E-state index contributed by atoms with van der Waals surface area (Å²) in [7, 11) is 0. The van der Waals surface area contributed by atoms with Crippen molar-refractivity contribution in [1.82, 2.24) is 4.90 Å².